The third kappa shape index (κ3) is 11.2. The molecule has 0 aromatic carbocycles. The SMILES string of the molecule is C.CC1(C)CCC[C@H](CN)O1.CC1(C)CCC[C@H](CNS(C)(=O)=O)O1. The molecule has 2 aliphatic rings. The molecule has 0 aromatic heterocycles. The standard InChI is InChI=1S/C9H19NO3S.C8H17NO.CH4/c1-9(2)6-4-5-8(13-9)7-10-14(3,11)12;1-8(2)5-3-4-7(6-9)10-8;/h8,10H,4-7H2,1-3H3;7H,3-6,9H2,1-2H3;1H4/t8-;7-;/m11./s1. The Kier molecular flexibility index (Phi) is 10.1. The van der Waals surface area contributed by atoms with E-state index in [-0.39, 0.29) is 24.7 Å². The fourth-order valence-electron chi connectivity index (χ4n) is 3.20. The third-order valence-electron chi connectivity index (χ3n) is 4.42. The van der Waals surface area contributed by atoms with Crippen LogP contribution in [0.3, 0.4) is 0 Å². The molecule has 7 heteroatoms. The van der Waals surface area contributed by atoms with Crippen LogP contribution in [0.1, 0.15) is 73.6 Å². The van der Waals surface area contributed by atoms with Gasteiger partial charge in [-0.05, 0) is 66.2 Å². The van der Waals surface area contributed by atoms with Gasteiger partial charge in [0, 0.05) is 13.1 Å². The summed E-state index contributed by atoms with van der Waals surface area (Å²) in [4.78, 5) is 0. The Morgan fingerprint density at radius 1 is 1.00 bits per heavy atom. The van der Waals surface area contributed by atoms with Crippen molar-refractivity contribution in [3.8, 4) is 0 Å². The van der Waals surface area contributed by atoms with Gasteiger partial charge in [0.15, 0.2) is 0 Å². The fourth-order valence-corrected chi connectivity index (χ4v) is 3.69. The number of sulfonamides is 1. The summed E-state index contributed by atoms with van der Waals surface area (Å²) in [7, 11) is -3.09. The second-order valence-corrected chi connectivity index (χ2v) is 9.97. The smallest absolute Gasteiger partial charge is 0.208 e. The van der Waals surface area contributed by atoms with Gasteiger partial charge >= 0.3 is 0 Å². The van der Waals surface area contributed by atoms with Crippen LogP contribution in [-0.2, 0) is 19.5 Å². The molecular formula is C18H40N2O4S. The Balaban J connectivity index is 0.000000465. The van der Waals surface area contributed by atoms with E-state index in [9.17, 15) is 8.42 Å². The maximum absolute atomic E-state index is 10.9. The van der Waals surface area contributed by atoms with Crippen LogP contribution < -0.4 is 10.5 Å². The molecular weight excluding hydrogens is 340 g/mol. The molecule has 2 fully saturated rings. The van der Waals surface area contributed by atoms with Crippen LogP contribution in [0.25, 0.3) is 0 Å². The largest absolute Gasteiger partial charge is 0.371 e. The molecule has 2 rings (SSSR count). The first-order chi connectivity index (χ1) is 10.9. The monoisotopic (exact) mass is 380 g/mol. The van der Waals surface area contributed by atoms with E-state index >= 15 is 0 Å². The fraction of sp³-hybridized carbons (Fsp3) is 1.00. The van der Waals surface area contributed by atoms with Crippen molar-refractivity contribution in [2.24, 2.45) is 5.73 Å². The average molecular weight is 381 g/mol. The second kappa shape index (κ2) is 10.2. The molecule has 0 aromatic rings. The lowest BCUT2D eigenvalue weighted by Crippen LogP contribution is -2.41. The van der Waals surface area contributed by atoms with E-state index in [0.717, 1.165) is 25.7 Å². The Labute approximate surface area is 155 Å². The number of hydrogen-bond acceptors (Lipinski definition) is 5. The van der Waals surface area contributed by atoms with Gasteiger partial charge in [-0.25, -0.2) is 13.1 Å². The molecule has 0 spiro atoms. The van der Waals surface area contributed by atoms with Gasteiger partial charge in [-0.2, -0.15) is 0 Å². The first kappa shape index (κ1) is 24.8. The van der Waals surface area contributed by atoms with E-state index in [1.165, 1.54) is 19.1 Å². The van der Waals surface area contributed by atoms with Crippen molar-refractivity contribution in [1.82, 2.24) is 4.72 Å². The number of hydrogen-bond donors (Lipinski definition) is 2. The quantitative estimate of drug-likeness (QED) is 0.782. The molecule has 0 unspecified atom stereocenters. The average Bonchev–Trinajstić information content (AvgIpc) is 2.43. The van der Waals surface area contributed by atoms with Crippen LogP contribution in [0.4, 0.5) is 0 Å². The summed E-state index contributed by atoms with van der Waals surface area (Å²) in [6, 6.07) is 0. The van der Waals surface area contributed by atoms with Gasteiger partial charge in [0.2, 0.25) is 10.0 Å². The van der Waals surface area contributed by atoms with Gasteiger partial charge in [0.05, 0.1) is 29.7 Å². The van der Waals surface area contributed by atoms with E-state index in [4.69, 9.17) is 15.2 Å². The molecule has 152 valence electrons. The molecule has 2 saturated heterocycles. The predicted molar refractivity (Wildman–Crippen MR) is 104 cm³/mol. The minimum Gasteiger partial charge on any atom is -0.371 e. The highest BCUT2D eigenvalue weighted by molar-refractivity contribution is 7.88. The molecule has 2 atom stereocenters. The number of ether oxygens (including phenoxy) is 2. The van der Waals surface area contributed by atoms with Crippen LogP contribution >= 0.6 is 0 Å². The molecule has 0 radical (unpaired) electrons. The third-order valence-corrected chi connectivity index (χ3v) is 5.11. The topological polar surface area (TPSA) is 90.6 Å². The van der Waals surface area contributed by atoms with Gasteiger partial charge in [0.25, 0.3) is 0 Å². The lowest BCUT2D eigenvalue weighted by Gasteiger charge is -2.36. The molecule has 25 heavy (non-hydrogen) atoms. The van der Waals surface area contributed by atoms with Crippen molar-refractivity contribution in [2.75, 3.05) is 19.3 Å². The highest BCUT2D eigenvalue weighted by Crippen LogP contribution is 2.28. The highest BCUT2D eigenvalue weighted by Gasteiger charge is 2.29. The normalized spacial score (nSPS) is 28.2. The van der Waals surface area contributed by atoms with Crippen LogP contribution in [-0.4, -0.2) is 51.2 Å². The maximum Gasteiger partial charge on any atom is 0.208 e. The molecule has 6 nitrogen and oxygen atoms in total. The van der Waals surface area contributed by atoms with E-state index in [2.05, 4.69) is 18.6 Å². The summed E-state index contributed by atoms with van der Waals surface area (Å²) >= 11 is 0. The first-order valence-electron chi connectivity index (χ1n) is 8.93. The van der Waals surface area contributed by atoms with Crippen molar-refractivity contribution in [3.05, 3.63) is 0 Å². The lowest BCUT2D eigenvalue weighted by atomic mass is 9.95. The van der Waals surface area contributed by atoms with E-state index in [1.54, 1.807) is 0 Å². The van der Waals surface area contributed by atoms with Gasteiger partial charge in [-0.1, -0.05) is 7.43 Å². The minimum absolute atomic E-state index is 0. The van der Waals surface area contributed by atoms with Crippen molar-refractivity contribution in [2.45, 2.75) is 97.1 Å². The zero-order valence-electron chi connectivity index (χ0n) is 15.9. The molecule has 2 aliphatic heterocycles. The summed E-state index contributed by atoms with van der Waals surface area (Å²) < 4.78 is 35.7. The second-order valence-electron chi connectivity index (χ2n) is 8.14. The van der Waals surface area contributed by atoms with E-state index in [1.807, 2.05) is 13.8 Å². The molecule has 0 bridgehead atoms. The summed E-state index contributed by atoms with van der Waals surface area (Å²) in [5.41, 5.74) is 5.46. The predicted octanol–water partition coefficient (Wildman–Crippen LogP) is 2.81. The number of rotatable bonds is 4. The van der Waals surface area contributed by atoms with Crippen molar-refractivity contribution >= 4 is 10.0 Å². The highest BCUT2D eigenvalue weighted by atomic mass is 32.2. The van der Waals surface area contributed by atoms with Gasteiger partial charge in [-0.3, -0.25) is 0 Å². The summed E-state index contributed by atoms with van der Waals surface area (Å²) in [6.45, 7) is 9.41. The Hall–Kier alpha value is -0.210. The van der Waals surface area contributed by atoms with Crippen LogP contribution in [0.2, 0.25) is 0 Å². The number of nitrogens with one attached hydrogen (secondary N) is 1. The Bertz CT molecular complexity index is 477. The molecule has 0 saturated carbocycles. The zero-order valence-corrected chi connectivity index (χ0v) is 16.7. The van der Waals surface area contributed by atoms with E-state index in [0.29, 0.717) is 19.2 Å². The van der Waals surface area contributed by atoms with Crippen LogP contribution in [0.15, 0.2) is 0 Å². The van der Waals surface area contributed by atoms with E-state index < -0.39 is 10.0 Å². The molecule has 2 heterocycles. The lowest BCUT2D eigenvalue weighted by molar-refractivity contribution is -0.103. The molecule has 0 aliphatic carbocycles. The van der Waals surface area contributed by atoms with Crippen molar-refractivity contribution < 1.29 is 17.9 Å². The summed E-state index contributed by atoms with van der Waals surface area (Å²) in [6.07, 6.45) is 8.15. The first-order valence-corrected chi connectivity index (χ1v) is 10.8. The van der Waals surface area contributed by atoms with Gasteiger partial charge in [0.1, 0.15) is 0 Å². The van der Waals surface area contributed by atoms with Crippen molar-refractivity contribution in [1.29, 1.82) is 0 Å². The maximum atomic E-state index is 10.9. The minimum atomic E-state index is -3.09. The van der Waals surface area contributed by atoms with Gasteiger partial charge in [-0.15, -0.1) is 0 Å². The Morgan fingerprint density at radius 3 is 1.80 bits per heavy atom. The van der Waals surface area contributed by atoms with Gasteiger partial charge < -0.3 is 15.2 Å². The van der Waals surface area contributed by atoms with Crippen LogP contribution in [0, 0.1) is 0 Å². The Morgan fingerprint density at radius 2 is 1.44 bits per heavy atom. The van der Waals surface area contributed by atoms with Crippen molar-refractivity contribution in [3.63, 3.8) is 0 Å². The zero-order chi connectivity index (χ0) is 18.4. The molecule has 0 amide bonds. The summed E-state index contributed by atoms with van der Waals surface area (Å²) in [5.74, 6) is 0. The number of nitrogens with two attached hydrogens (primary N) is 1. The summed E-state index contributed by atoms with van der Waals surface area (Å²) in [5, 5.41) is 0. The van der Waals surface area contributed by atoms with Crippen LogP contribution in [0.5, 0.6) is 0 Å². The molecule has 3 N–H and O–H groups in total.